The van der Waals surface area contributed by atoms with Crippen molar-refractivity contribution in [2.75, 3.05) is 6.54 Å². The Balaban J connectivity index is 2.12. The van der Waals surface area contributed by atoms with E-state index < -0.39 is 5.91 Å². The molecule has 0 unspecified atom stereocenters. The molecule has 0 aliphatic rings. The number of rotatable bonds is 6. The van der Waals surface area contributed by atoms with Crippen LogP contribution in [0.2, 0.25) is 0 Å². The minimum Gasteiger partial charge on any atom is -0.366 e. The molecular weight excluding hydrogens is 332 g/mol. The molecule has 0 fully saturated rings. The van der Waals surface area contributed by atoms with Gasteiger partial charge in [0.25, 0.3) is 5.91 Å². The van der Waals surface area contributed by atoms with Crippen LogP contribution < -0.4 is 11.1 Å². The van der Waals surface area contributed by atoms with Gasteiger partial charge in [-0.1, -0.05) is 35.8 Å². The average molecular weight is 351 g/mol. The van der Waals surface area contributed by atoms with E-state index >= 15 is 0 Å². The summed E-state index contributed by atoms with van der Waals surface area (Å²) in [6, 6.07) is 5.98. The molecule has 5 nitrogen and oxygen atoms in total. The topological polar surface area (TPSA) is 72.9 Å². The minimum absolute atomic E-state index is 0.397. The van der Waals surface area contributed by atoms with Crippen molar-refractivity contribution in [2.24, 2.45) is 11.7 Å². The third-order valence-electron chi connectivity index (χ3n) is 3.04. The summed E-state index contributed by atoms with van der Waals surface area (Å²) >= 11 is 3.57. The number of benzene rings is 1. The lowest BCUT2D eigenvalue weighted by molar-refractivity contribution is 0.100. The molecule has 1 heterocycles. The molecule has 2 rings (SSSR count). The SMILES string of the molecule is CC(C)CNCc1ccc(-n2cc(C(N)=O)cn2)cc1Br. The number of primary amides is 1. The first-order valence-corrected chi connectivity index (χ1v) is 7.60. The second-order valence-corrected chi connectivity index (χ2v) is 6.19. The van der Waals surface area contributed by atoms with Crippen LogP contribution >= 0.6 is 15.9 Å². The van der Waals surface area contributed by atoms with Crippen molar-refractivity contribution in [3.8, 4) is 5.69 Å². The van der Waals surface area contributed by atoms with Crippen LogP contribution in [0.3, 0.4) is 0 Å². The fourth-order valence-corrected chi connectivity index (χ4v) is 2.42. The fraction of sp³-hybridized carbons (Fsp3) is 0.333. The third kappa shape index (κ3) is 4.15. The highest BCUT2D eigenvalue weighted by Crippen LogP contribution is 2.21. The van der Waals surface area contributed by atoms with Gasteiger partial charge in [0, 0.05) is 17.2 Å². The highest BCUT2D eigenvalue weighted by Gasteiger charge is 2.07. The Hall–Kier alpha value is -1.66. The number of nitrogens with zero attached hydrogens (tertiary/aromatic N) is 2. The maximum atomic E-state index is 11.1. The van der Waals surface area contributed by atoms with Crippen LogP contribution in [0.4, 0.5) is 0 Å². The second kappa shape index (κ2) is 6.87. The van der Waals surface area contributed by atoms with Crippen molar-refractivity contribution in [2.45, 2.75) is 20.4 Å². The van der Waals surface area contributed by atoms with Gasteiger partial charge < -0.3 is 11.1 Å². The molecule has 0 saturated carbocycles. The number of halogens is 1. The Morgan fingerprint density at radius 1 is 1.48 bits per heavy atom. The Morgan fingerprint density at radius 3 is 2.81 bits per heavy atom. The van der Waals surface area contributed by atoms with E-state index in [9.17, 15) is 4.79 Å². The Kier molecular flexibility index (Phi) is 5.14. The molecule has 1 amide bonds. The lowest BCUT2D eigenvalue weighted by Crippen LogP contribution is -2.19. The number of aromatic nitrogens is 2. The Morgan fingerprint density at radius 2 is 2.24 bits per heavy atom. The molecule has 0 atom stereocenters. The minimum atomic E-state index is -0.477. The van der Waals surface area contributed by atoms with Gasteiger partial charge >= 0.3 is 0 Å². The summed E-state index contributed by atoms with van der Waals surface area (Å²) in [4.78, 5) is 11.1. The van der Waals surface area contributed by atoms with Gasteiger partial charge in [-0.25, -0.2) is 4.68 Å². The van der Waals surface area contributed by atoms with Crippen LogP contribution in [-0.4, -0.2) is 22.2 Å². The zero-order valence-electron chi connectivity index (χ0n) is 12.1. The number of nitrogens with two attached hydrogens (primary N) is 1. The van der Waals surface area contributed by atoms with E-state index in [0.717, 1.165) is 23.2 Å². The van der Waals surface area contributed by atoms with E-state index in [1.54, 1.807) is 10.9 Å². The molecule has 2 aromatic rings. The van der Waals surface area contributed by atoms with Gasteiger partial charge in [0.05, 0.1) is 17.4 Å². The van der Waals surface area contributed by atoms with E-state index in [4.69, 9.17) is 5.73 Å². The predicted octanol–water partition coefficient (Wildman–Crippen LogP) is 2.48. The number of hydrogen-bond acceptors (Lipinski definition) is 3. The molecule has 0 aliphatic heterocycles. The standard InChI is InChI=1S/C15H19BrN4O/c1-10(2)6-18-7-11-3-4-13(5-14(11)16)20-9-12(8-19-20)15(17)21/h3-5,8-10,18H,6-7H2,1-2H3,(H2,17,21). The highest BCUT2D eigenvalue weighted by atomic mass is 79.9. The summed E-state index contributed by atoms with van der Waals surface area (Å²) in [5.41, 5.74) is 7.68. The summed E-state index contributed by atoms with van der Waals surface area (Å²) in [6.07, 6.45) is 3.09. The molecule has 1 aromatic carbocycles. The lowest BCUT2D eigenvalue weighted by atomic mass is 10.2. The van der Waals surface area contributed by atoms with Gasteiger partial charge in [0.1, 0.15) is 0 Å². The van der Waals surface area contributed by atoms with Crippen LogP contribution in [0.25, 0.3) is 5.69 Å². The number of amides is 1. The molecule has 3 N–H and O–H groups in total. The van der Waals surface area contributed by atoms with Gasteiger partial charge in [-0.05, 0) is 30.2 Å². The molecule has 0 saturated heterocycles. The Bertz CT molecular complexity index is 636. The molecule has 0 radical (unpaired) electrons. The van der Waals surface area contributed by atoms with Crippen LogP contribution in [0.1, 0.15) is 29.8 Å². The van der Waals surface area contributed by atoms with Crippen molar-refractivity contribution in [1.29, 1.82) is 0 Å². The van der Waals surface area contributed by atoms with Crippen molar-refractivity contribution in [3.63, 3.8) is 0 Å². The predicted molar refractivity (Wildman–Crippen MR) is 86.3 cm³/mol. The lowest BCUT2D eigenvalue weighted by Gasteiger charge is -2.10. The molecule has 21 heavy (non-hydrogen) atoms. The first-order chi connectivity index (χ1) is 9.97. The van der Waals surface area contributed by atoms with Crippen molar-refractivity contribution >= 4 is 21.8 Å². The molecule has 0 spiro atoms. The van der Waals surface area contributed by atoms with E-state index in [0.29, 0.717) is 11.5 Å². The van der Waals surface area contributed by atoms with Gasteiger partial charge in [-0.3, -0.25) is 4.79 Å². The van der Waals surface area contributed by atoms with E-state index in [1.165, 1.54) is 11.8 Å². The number of nitrogens with one attached hydrogen (secondary N) is 1. The van der Waals surface area contributed by atoms with E-state index in [-0.39, 0.29) is 0 Å². The van der Waals surface area contributed by atoms with Crippen molar-refractivity contribution in [1.82, 2.24) is 15.1 Å². The van der Waals surface area contributed by atoms with E-state index in [2.05, 4.69) is 40.2 Å². The van der Waals surface area contributed by atoms with Gasteiger partial charge in [-0.15, -0.1) is 0 Å². The monoisotopic (exact) mass is 350 g/mol. The zero-order valence-corrected chi connectivity index (χ0v) is 13.7. The normalized spacial score (nSPS) is 11.0. The first-order valence-electron chi connectivity index (χ1n) is 6.81. The average Bonchev–Trinajstić information content (AvgIpc) is 2.90. The summed E-state index contributed by atoms with van der Waals surface area (Å²) in [6.45, 7) is 6.15. The molecule has 1 aromatic heterocycles. The van der Waals surface area contributed by atoms with Crippen molar-refractivity contribution < 1.29 is 4.79 Å². The van der Waals surface area contributed by atoms with Crippen LogP contribution in [0.15, 0.2) is 35.1 Å². The smallest absolute Gasteiger partial charge is 0.251 e. The fourth-order valence-electron chi connectivity index (χ4n) is 1.91. The number of hydrogen-bond donors (Lipinski definition) is 2. The van der Waals surface area contributed by atoms with Crippen molar-refractivity contribution in [3.05, 3.63) is 46.2 Å². The third-order valence-corrected chi connectivity index (χ3v) is 3.77. The van der Waals surface area contributed by atoms with Gasteiger partial charge in [0.15, 0.2) is 0 Å². The van der Waals surface area contributed by atoms with E-state index in [1.807, 2.05) is 18.2 Å². The molecule has 0 aliphatic carbocycles. The van der Waals surface area contributed by atoms with Gasteiger partial charge in [0.2, 0.25) is 0 Å². The number of carbonyl (C=O) groups is 1. The van der Waals surface area contributed by atoms with Crippen LogP contribution in [-0.2, 0) is 6.54 Å². The second-order valence-electron chi connectivity index (χ2n) is 5.34. The zero-order chi connectivity index (χ0) is 15.4. The largest absolute Gasteiger partial charge is 0.366 e. The molecule has 112 valence electrons. The highest BCUT2D eigenvalue weighted by molar-refractivity contribution is 9.10. The molecule has 6 heteroatoms. The summed E-state index contributed by atoms with van der Waals surface area (Å²) in [7, 11) is 0. The maximum absolute atomic E-state index is 11.1. The summed E-state index contributed by atoms with van der Waals surface area (Å²) < 4.78 is 2.64. The maximum Gasteiger partial charge on any atom is 0.251 e. The van der Waals surface area contributed by atoms with Gasteiger partial charge in [-0.2, -0.15) is 5.10 Å². The summed E-state index contributed by atoms with van der Waals surface area (Å²) in [5, 5.41) is 7.55. The Labute approximate surface area is 132 Å². The first kappa shape index (κ1) is 15.7. The molecule has 0 bridgehead atoms. The van der Waals surface area contributed by atoms with Crippen LogP contribution in [0.5, 0.6) is 0 Å². The quantitative estimate of drug-likeness (QED) is 0.840. The number of carbonyl (C=O) groups excluding carboxylic acids is 1. The molecular formula is C15H19BrN4O. The van der Waals surface area contributed by atoms with Crippen LogP contribution in [0, 0.1) is 5.92 Å². The summed E-state index contributed by atoms with van der Waals surface area (Å²) in [5.74, 6) is 0.147.